The highest BCUT2D eigenvalue weighted by molar-refractivity contribution is 8.00. The van der Waals surface area contributed by atoms with E-state index in [1.807, 2.05) is 35.9 Å². The number of amides is 3. The molecule has 46 heavy (non-hydrogen) atoms. The lowest BCUT2D eigenvalue weighted by atomic mass is 10.1. The molecular formula is C33H27N5O5S3. The fourth-order valence-electron chi connectivity index (χ4n) is 4.26. The van der Waals surface area contributed by atoms with Crippen molar-refractivity contribution in [3.63, 3.8) is 0 Å². The van der Waals surface area contributed by atoms with Crippen molar-refractivity contribution in [2.45, 2.75) is 23.5 Å². The molecule has 0 fully saturated rings. The first kappa shape index (κ1) is 32.3. The number of carbonyl (C=O) groups is 3. The molecule has 5 rings (SSSR count). The quantitative estimate of drug-likeness (QED) is 0.0535. The summed E-state index contributed by atoms with van der Waals surface area (Å²) in [6.07, 6.45) is 1.82. The van der Waals surface area contributed by atoms with Gasteiger partial charge in [0.25, 0.3) is 17.5 Å². The summed E-state index contributed by atoms with van der Waals surface area (Å²) in [7, 11) is 0. The van der Waals surface area contributed by atoms with E-state index < -0.39 is 22.0 Å². The minimum Gasteiger partial charge on any atom is -0.321 e. The normalized spacial score (nSPS) is 11.8. The van der Waals surface area contributed by atoms with Crippen LogP contribution >= 0.6 is 34.4 Å². The maximum Gasteiger partial charge on any atom is 0.276 e. The molecule has 3 amide bonds. The van der Waals surface area contributed by atoms with Crippen molar-refractivity contribution in [2.75, 3.05) is 10.6 Å². The number of carbonyl (C=O) groups excluding carboxylic acids is 3. The van der Waals surface area contributed by atoms with Crippen molar-refractivity contribution in [2.24, 2.45) is 0 Å². The summed E-state index contributed by atoms with van der Waals surface area (Å²) in [6, 6.07) is 25.1. The molecular weight excluding hydrogens is 643 g/mol. The van der Waals surface area contributed by atoms with Gasteiger partial charge in [0.05, 0.1) is 26.3 Å². The standard InChI is InChI=1S/C33H27N5O5S3/c1-2-28(32(41)37-33-36-26(20-45-33)29-16-9-17-44-29)46-24-14-8-13-23(19-24)34-31(40)25(35-30(39)21-10-4-3-5-11-21)18-22-12-6-7-15-27(22)38(42)43/h3-20,28H,2H2,1H3,(H,34,40)(H,35,39)(H,36,37,41)/b25-18+. The molecule has 0 aliphatic rings. The molecule has 2 aromatic heterocycles. The second kappa shape index (κ2) is 15.3. The molecule has 10 nitrogen and oxygen atoms in total. The van der Waals surface area contributed by atoms with E-state index >= 15 is 0 Å². The first-order chi connectivity index (χ1) is 22.3. The van der Waals surface area contributed by atoms with Gasteiger partial charge in [-0.2, -0.15) is 0 Å². The van der Waals surface area contributed by atoms with Gasteiger partial charge in [-0.1, -0.05) is 49.4 Å². The number of hydrogen-bond donors (Lipinski definition) is 3. The maximum atomic E-state index is 13.5. The molecule has 0 saturated carbocycles. The Labute approximate surface area is 276 Å². The Hall–Kier alpha value is -5.11. The third-order valence-corrected chi connectivity index (χ3v) is 9.51. The molecule has 0 saturated heterocycles. The van der Waals surface area contributed by atoms with E-state index in [0.717, 1.165) is 15.5 Å². The van der Waals surface area contributed by atoms with E-state index in [9.17, 15) is 24.5 Å². The molecule has 0 radical (unpaired) electrons. The topological polar surface area (TPSA) is 143 Å². The lowest BCUT2D eigenvalue weighted by Gasteiger charge is -2.15. The van der Waals surface area contributed by atoms with Crippen LogP contribution in [0.3, 0.4) is 0 Å². The van der Waals surface area contributed by atoms with Gasteiger partial charge in [0.1, 0.15) is 5.70 Å². The number of thiophene rings is 1. The third kappa shape index (κ3) is 8.33. The zero-order valence-corrected chi connectivity index (χ0v) is 26.8. The Bertz CT molecular complexity index is 1890. The van der Waals surface area contributed by atoms with Gasteiger partial charge >= 0.3 is 0 Å². The van der Waals surface area contributed by atoms with Gasteiger partial charge in [-0.25, -0.2) is 4.98 Å². The van der Waals surface area contributed by atoms with Crippen LogP contribution in [0.5, 0.6) is 0 Å². The molecule has 0 aliphatic carbocycles. The van der Waals surface area contributed by atoms with Crippen LogP contribution in [0.1, 0.15) is 29.3 Å². The Kier molecular flexibility index (Phi) is 10.7. The molecule has 5 aromatic rings. The molecule has 0 bridgehead atoms. The summed E-state index contributed by atoms with van der Waals surface area (Å²) < 4.78 is 0. The van der Waals surface area contributed by atoms with Gasteiger partial charge in [-0.15, -0.1) is 34.4 Å². The SMILES string of the molecule is CCC(Sc1cccc(NC(=O)/C(=C\c2ccccc2[N+](=O)[O-])NC(=O)c2ccccc2)c1)C(=O)Nc1nc(-c2cccs2)cs1. The second-order valence-electron chi connectivity index (χ2n) is 9.70. The number of nitro groups is 1. The monoisotopic (exact) mass is 669 g/mol. The van der Waals surface area contributed by atoms with E-state index in [4.69, 9.17) is 0 Å². The highest BCUT2D eigenvalue weighted by Crippen LogP contribution is 2.31. The van der Waals surface area contributed by atoms with Crippen LogP contribution in [0.25, 0.3) is 16.6 Å². The van der Waals surface area contributed by atoms with Crippen molar-refractivity contribution in [3.05, 3.63) is 129 Å². The smallest absolute Gasteiger partial charge is 0.276 e. The van der Waals surface area contributed by atoms with Crippen LogP contribution in [-0.2, 0) is 9.59 Å². The molecule has 3 aromatic carbocycles. The summed E-state index contributed by atoms with van der Waals surface area (Å²) in [5.41, 5.74) is 1.28. The second-order valence-corrected chi connectivity index (χ2v) is 12.8. The van der Waals surface area contributed by atoms with E-state index in [0.29, 0.717) is 22.8 Å². The third-order valence-electron chi connectivity index (χ3n) is 6.50. The summed E-state index contributed by atoms with van der Waals surface area (Å²) in [5.74, 6) is -1.42. The number of thioether (sulfide) groups is 1. The predicted molar refractivity (Wildman–Crippen MR) is 184 cm³/mol. The Morgan fingerprint density at radius 1 is 0.957 bits per heavy atom. The van der Waals surface area contributed by atoms with E-state index in [-0.39, 0.29) is 22.9 Å². The minimum absolute atomic E-state index is 0.148. The van der Waals surface area contributed by atoms with Crippen LogP contribution in [0.4, 0.5) is 16.5 Å². The minimum atomic E-state index is -0.681. The number of nitro benzene ring substituents is 1. The highest BCUT2D eigenvalue weighted by Gasteiger charge is 2.21. The van der Waals surface area contributed by atoms with Gasteiger partial charge in [0.2, 0.25) is 5.91 Å². The summed E-state index contributed by atoms with van der Waals surface area (Å²) in [6.45, 7) is 1.91. The Morgan fingerprint density at radius 3 is 2.48 bits per heavy atom. The fourth-order valence-corrected chi connectivity index (χ4v) is 6.75. The molecule has 3 N–H and O–H groups in total. The lowest BCUT2D eigenvalue weighted by molar-refractivity contribution is -0.385. The van der Waals surface area contributed by atoms with Crippen molar-refractivity contribution >= 4 is 74.7 Å². The number of thiazole rings is 1. The van der Waals surface area contributed by atoms with Gasteiger partial charge in [-0.3, -0.25) is 24.5 Å². The lowest BCUT2D eigenvalue weighted by Crippen LogP contribution is -2.30. The number of aromatic nitrogens is 1. The van der Waals surface area contributed by atoms with Crippen LogP contribution in [0.2, 0.25) is 0 Å². The summed E-state index contributed by atoms with van der Waals surface area (Å²) in [5, 5.41) is 23.9. The first-order valence-corrected chi connectivity index (χ1v) is 16.6. The summed E-state index contributed by atoms with van der Waals surface area (Å²) >= 11 is 4.28. The highest BCUT2D eigenvalue weighted by atomic mass is 32.2. The van der Waals surface area contributed by atoms with Crippen molar-refractivity contribution in [3.8, 4) is 10.6 Å². The van der Waals surface area contributed by atoms with Crippen molar-refractivity contribution in [1.82, 2.24) is 10.3 Å². The van der Waals surface area contributed by atoms with E-state index in [1.54, 1.807) is 65.9 Å². The van der Waals surface area contributed by atoms with Crippen molar-refractivity contribution in [1.29, 1.82) is 0 Å². The van der Waals surface area contributed by atoms with E-state index in [1.165, 1.54) is 47.4 Å². The number of para-hydroxylation sites is 1. The Balaban J connectivity index is 1.31. The van der Waals surface area contributed by atoms with Gasteiger partial charge in [0, 0.05) is 27.6 Å². The van der Waals surface area contributed by atoms with Crippen LogP contribution in [0, 0.1) is 10.1 Å². The van der Waals surface area contributed by atoms with Crippen LogP contribution in [-0.4, -0.2) is 32.9 Å². The number of rotatable bonds is 12. The average Bonchev–Trinajstić information content (AvgIpc) is 3.77. The first-order valence-electron chi connectivity index (χ1n) is 14.0. The van der Waals surface area contributed by atoms with Gasteiger partial charge in [0.15, 0.2) is 5.13 Å². The van der Waals surface area contributed by atoms with E-state index in [2.05, 4.69) is 20.9 Å². The molecule has 1 unspecified atom stereocenters. The average molecular weight is 670 g/mol. The number of benzene rings is 3. The number of nitrogens with one attached hydrogen (secondary N) is 3. The molecule has 1 atom stereocenters. The number of nitrogens with zero attached hydrogens (tertiary/aromatic N) is 2. The molecule has 0 aliphatic heterocycles. The Morgan fingerprint density at radius 2 is 1.74 bits per heavy atom. The molecule has 13 heteroatoms. The molecule has 232 valence electrons. The van der Waals surface area contributed by atoms with Crippen LogP contribution in [0.15, 0.2) is 112 Å². The predicted octanol–water partition coefficient (Wildman–Crippen LogP) is 7.70. The fraction of sp³-hybridized carbons (Fsp3) is 0.0909. The zero-order chi connectivity index (χ0) is 32.5. The summed E-state index contributed by atoms with van der Waals surface area (Å²) in [4.78, 5) is 57.0. The maximum absolute atomic E-state index is 13.5. The molecule has 2 heterocycles. The van der Waals surface area contributed by atoms with Gasteiger partial charge in [-0.05, 0) is 60.3 Å². The number of anilines is 2. The largest absolute Gasteiger partial charge is 0.321 e. The zero-order valence-electron chi connectivity index (χ0n) is 24.3. The van der Waals surface area contributed by atoms with Crippen molar-refractivity contribution < 1.29 is 19.3 Å². The number of hydrogen-bond acceptors (Lipinski definition) is 9. The molecule has 0 spiro atoms. The van der Waals surface area contributed by atoms with Crippen LogP contribution < -0.4 is 16.0 Å². The van der Waals surface area contributed by atoms with Gasteiger partial charge < -0.3 is 16.0 Å².